The van der Waals surface area contributed by atoms with Gasteiger partial charge in [-0.25, -0.2) is 0 Å². The van der Waals surface area contributed by atoms with E-state index >= 15 is 0 Å². The molecule has 2 rings (SSSR count). The van der Waals surface area contributed by atoms with Gasteiger partial charge in [0.05, 0.1) is 4.34 Å². The van der Waals surface area contributed by atoms with E-state index in [0.29, 0.717) is 6.61 Å². The molecule has 0 saturated heterocycles. The molecule has 0 amide bonds. The van der Waals surface area contributed by atoms with Gasteiger partial charge >= 0.3 is 0 Å². The van der Waals surface area contributed by atoms with Crippen LogP contribution >= 0.6 is 22.9 Å². The van der Waals surface area contributed by atoms with Gasteiger partial charge in [0, 0.05) is 30.1 Å². The van der Waals surface area contributed by atoms with Gasteiger partial charge in [-0.15, -0.1) is 11.3 Å². The minimum atomic E-state index is 0.677. The number of hydrogen-bond acceptors (Lipinski definition) is 4. The summed E-state index contributed by atoms with van der Waals surface area (Å²) in [6, 6.07) is 12.2. The van der Waals surface area contributed by atoms with Gasteiger partial charge in [-0.3, -0.25) is 4.90 Å². The van der Waals surface area contributed by atoms with E-state index in [1.165, 1.54) is 10.4 Å². The molecule has 3 nitrogen and oxygen atoms in total. The number of likely N-dealkylation sites (N-methyl/N-ethyl adjacent to an activating group) is 1. The lowest BCUT2D eigenvalue weighted by Gasteiger charge is -2.17. The third-order valence-electron chi connectivity index (χ3n) is 3.13. The fourth-order valence-electron chi connectivity index (χ4n) is 2.07. The summed E-state index contributed by atoms with van der Waals surface area (Å²) in [5, 5.41) is 3.16. The van der Waals surface area contributed by atoms with Gasteiger partial charge in [-0.05, 0) is 32.3 Å². The van der Waals surface area contributed by atoms with Crippen molar-refractivity contribution in [2.24, 2.45) is 0 Å². The Bertz CT molecular complexity index is 559. The molecule has 0 radical (unpaired) electrons. The maximum absolute atomic E-state index is 5.94. The predicted octanol–water partition coefficient (Wildman–Crippen LogP) is 3.63. The van der Waals surface area contributed by atoms with Crippen LogP contribution in [0.15, 0.2) is 36.4 Å². The van der Waals surface area contributed by atoms with Gasteiger partial charge in [-0.1, -0.05) is 29.8 Å². The summed E-state index contributed by atoms with van der Waals surface area (Å²) in [5.74, 6) is 0.958. The van der Waals surface area contributed by atoms with Crippen LogP contribution in [-0.2, 0) is 13.1 Å². The Morgan fingerprint density at radius 2 is 2.05 bits per heavy atom. The van der Waals surface area contributed by atoms with Gasteiger partial charge in [0.2, 0.25) is 0 Å². The second kappa shape index (κ2) is 8.39. The van der Waals surface area contributed by atoms with Crippen molar-refractivity contribution in [1.82, 2.24) is 10.2 Å². The molecule has 0 fully saturated rings. The molecule has 2 aromatic rings. The molecule has 0 atom stereocenters. The van der Waals surface area contributed by atoms with E-state index in [0.717, 1.165) is 29.7 Å². The Hall–Kier alpha value is -1.07. The molecule has 0 aliphatic rings. The van der Waals surface area contributed by atoms with Crippen molar-refractivity contribution in [1.29, 1.82) is 0 Å². The van der Waals surface area contributed by atoms with Crippen LogP contribution in [0.5, 0.6) is 5.75 Å². The van der Waals surface area contributed by atoms with Crippen molar-refractivity contribution in [3.63, 3.8) is 0 Å². The number of rotatable bonds is 8. The highest BCUT2D eigenvalue weighted by Gasteiger charge is 2.05. The van der Waals surface area contributed by atoms with Crippen LogP contribution in [-0.4, -0.2) is 32.1 Å². The first kappa shape index (κ1) is 16.3. The Kier molecular flexibility index (Phi) is 6.51. The number of nitrogens with one attached hydrogen (secondary N) is 1. The summed E-state index contributed by atoms with van der Waals surface area (Å²) in [4.78, 5) is 3.51. The summed E-state index contributed by atoms with van der Waals surface area (Å²) in [5.41, 5.74) is 1.19. The molecule has 0 bridgehead atoms. The van der Waals surface area contributed by atoms with E-state index in [9.17, 15) is 0 Å². The van der Waals surface area contributed by atoms with Gasteiger partial charge in [-0.2, -0.15) is 0 Å². The number of halogens is 1. The Balaban J connectivity index is 1.78. The molecule has 0 spiro atoms. The maximum Gasteiger partial charge on any atom is 0.123 e. The second-order valence-electron chi connectivity index (χ2n) is 4.93. The molecule has 1 N–H and O–H groups in total. The van der Waals surface area contributed by atoms with Crippen molar-refractivity contribution in [2.45, 2.75) is 13.1 Å². The highest BCUT2D eigenvalue weighted by atomic mass is 35.5. The zero-order valence-electron chi connectivity index (χ0n) is 12.4. The second-order valence-corrected chi connectivity index (χ2v) is 6.73. The molecule has 0 unspecified atom stereocenters. The average Bonchev–Trinajstić information content (AvgIpc) is 2.86. The first-order valence-electron chi connectivity index (χ1n) is 6.97. The molecule has 0 aliphatic heterocycles. The minimum absolute atomic E-state index is 0.677. The van der Waals surface area contributed by atoms with Crippen LogP contribution in [0.1, 0.15) is 10.4 Å². The highest BCUT2D eigenvalue weighted by Crippen LogP contribution is 2.22. The quantitative estimate of drug-likeness (QED) is 0.802. The Morgan fingerprint density at radius 3 is 2.76 bits per heavy atom. The molecule has 0 aliphatic carbocycles. The lowest BCUT2D eigenvalue weighted by Crippen LogP contribution is -2.23. The van der Waals surface area contributed by atoms with Crippen LogP contribution in [0.4, 0.5) is 0 Å². The molecule has 114 valence electrons. The molecular weight excluding hydrogens is 304 g/mol. The molecule has 1 heterocycles. The highest BCUT2D eigenvalue weighted by molar-refractivity contribution is 7.16. The third-order valence-corrected chi connectivity index (χ3v) is 4.34. The normalized spacial score (nSPS) is 11.0. The number of nitrogens with zero attached hydrogens (tertiary/aromatic N) is 1. The van der Waals surface area contributed by atoms with Crippen LogP contribution in [0.2, 0.25) is 4.34 Å². The molecule has 5 heteroatoms. The summed E-state index contributed by atoms with van der Waals surface area (Å²) in [7, 11) is 4.03. The Morgan fingerprint density at radius 1 is 1.24 bits per heavy atom. The van der Waals surface area contributed by atoms with Crippen LogP contribution < -0.4 is 10.1 Å². The van der Waals surface area contributed by atoms with Crippen molar-refractivity contribution in [3.05, 3.63) is 51.2 Å². The monoisotopic (exact) mass is 324 g/mol. The zero-order chi connectivity index (χ0) is 15.1. The molecule has 1 aromatic heterocycles. The summed E-state index contributed by atoms with van der Waals surface area (Å²) < 4.78 is 6.74. The number of thiophene rings is 1. The van der Waals surface area contributed by atoms with E-state index < -0.39 is 0 Å². The third kappa shape index (κ3) is 5.32. The van der Waals surface area contributed by atoms with Crippen molar-refractivity contribution in [2.75, 3.05) is 27.2 Å². The molecule has 1 aromatic carbocycles. The van der Waals surface area contributed by atoms with Crippen molar-refractivity contribution < 1.29 is 4.74 Å². The number of para-hydroxylation sites is 1. The van der Waals surface area contributed by atoms with Gasteiger partial charge in [0.1, 0.15) is 12.4 Å². The SMILES string of the molecule is CNCc1ccccc1OCCN(C)Cc1ccc(Cl)s1. The molecule has 0 saturated carbocycles. The van der Waals surface area contributed by atoms with E-state index in [1.807, 2.05) is 31.3 Å². The number of ether oxygens (including phenoxy) is 1. The van der Waals surface area contributed by atoms with Crippen molar-refractivity contribution in [3.8, 4) is 5.75 Å². The van der Waals surface area contributed by atoms with Crippen LogP contribution in [0.25, 0.3) is 0 Å². The minimum Gasteiger partial charge on any atom is -0.492 e. The lowest BCUT2D eigenvalue weighted by atomic mass is 10.2. The average molecular weight is 325 g/mol. The van der Waals surface area contributed by atoms with Gasteiger partial charge in [0.15, 0.2) is 0 Å². The lowest BCUT2D eigenvalue weighted by molar-refractivity contribution is 0.232. The van der Waals surface area contributed by atoms with Gasteiger partial charge in [0.25, 0.3) is 0 Å². The smallest absolute Gasteiger partial charge is 0.123 e. The van der Waals surface area contributed by atoms with Crippen molar-refractivity contribution >= 4 is 22.9 Å². The Labute approximate surface area is 135 Å². The zero-order valence-corrected chi connectivity index (χ0v) is 14.0. The standard InChI is InChI=1S/C16H21ClN2OS/c1-18-11-13-5-3-4-6-15(13)20-10-9-19(2)12-14-7-8-16(17)21-14/h3-8,18H,9-12H2,1-2H3. The van der Waals surface area contributed by atoms with Crippen LogP contribution in [0, 0.1) is 0 Å². The van der Waals surface area contributed by atoms with Gasteiger partial charge < -0.3 is 10.1 Å². The number of hydrogen-bond donors (Lipinski definition) is 1. The fraction of sp³-hybridized carbons (Fsp3) is 0.375. The maximum atomic E-state index is 5.94. The fourth-order valence-corrected chi connectivity index (χ4v) is 3.24. The first-order chi connectivity index (χ1) is 10.2. The first-order valence-corrected chi connectivity index (χ1v) is 8.16. The summed E-state index contributed by atoms with van der Waals surface area (Å²) >= 11 is 7.57. The van der Waals surface area contributed by atoms with E-state index in [4.69, 9.17) is 16.3 Å². The topological polar surface area (TPSA) is 24.5 Å². The molecular formula is C16H21ClN2OS. The van der Waals surface area contributed by atoms with E-state index in [1.54, 1.807) is 11.3 Å². The largest absolute Gasteiger partial charge is 0.492 e. The number of benzene rings is 1. The van der Waals surface area contributed by atoms with Crippen LogP contribution in [0.3, 0.4) is 0 Å². The van der Waals surface area contributed by atoms with E-state index in [-0.39, 0.29) is 0 Å². The molecule has 21 heavy (non-hydrogen) atoms. The summed E-state index contributed by atoms with van der Waals surface area (Å²) in [6.45, 7) is 3.28. The van der Waals surface area contributed by atoms with E-state index in [2.05, 4.69) is 29.4 Å². The summed E-state index contributed by atoms with van der Waals surface area (Å²) in [6.07, 6.45) is 0. The predicted molar refractivity (Wildman–Crippen MR) is 90.4 cm³/mol.